The molecule has 0 spiro atoms. The molecule has 0 radical (unpaired) electrons. The van der Waals surface area contributed by atoms with Crippen molar-refractivity contribution in [2.45, 2.75) is 97.4 Å². The molecule has 0 aromatic heterocycles. The average Bonchev–Trinajstić information content (AvgIpc) is 2.78. The normalized spacial score (nSPS) is 24.7. The first kappa shape index (κ1) is 28.1. The molecule has 1 heterocycles. The maximum atomic E-state index is 7.34. The van der Waals surface area contributed by atoms with E-state index in [4.69, 9.17) is 18.6 Å². The van der Waals surface area contributed by atoms with Gasteiger partial charge in [0.15, 0.2) is 6.29 Å². The van der Waals surface area contributed by atoms with Crippen LogP contribution in [-0.2, 0) is 13.9 Å². The number of benzene rings is 1. The van der Waals surface area contributed by atoms with E-state index >= 15 is 0 Å². The number of rotatable bonds is 11. The highest BCUT2D eigenvalue weighted by Crippen LogP contribution is 2.46. The van der Waals surface area contributed by atoms with Crippen molar-refractivity contribution < 1.29 is 18.6 Å². The van der Waals surface area contributed by atoms with Gasteiger partial charge in [-0.15, -0.1) is 6.58 Å². The lowest BCUT2D eigenvalue weighted by atomic mass is 9.84. The molecule has 0 N–H and O–H groups in total. The molecule has 1 fully saturated rings. The molecule has 1 aromatic rings. The first-order chi connectivity index (χ1) is 15.5. The summed E-state index contributed by atoms with van der Waals surface area (Å²) in [5.41, 5.74) is 2.61. The zero-order chi connectivity index (χ0) is 24.9. The summed E-state index contributed by atoms with van der Waals surface area (Å²) in [7, 11) is -0.380. The minimum atomic E-state index is -2.06. The van der Waals surface area contributed by atoms with Crippen LogP contribution in [0.15, 0.2) is 36.9 Å². The molecule has 0 saturated carbocycles. The quantitative estimate of drug-likeness (QED) is 0.241. The molecule has 0 unspecified atom stereocenters. The van der Waals surface area contributed by atoms with Gasteiger partial charge in [0.2, 0.25) is 8.32 Å². The van der Waals surface area contributed by atoms with Gasteiger partial charge in [0.1, 0.15) is 5.75 Å². The zero-order valence-electron chi connectivity index (χ0n) is 22.6. The molecule has 188 valence electrons. The maximum absolute atomic E-state index is 7.34. The van der Waals surface area contributed by atoms with Crippen LogP contribution in [0, 0.1) is 17.8 Å². The second kappa shape index (κ2) is 12.0. The van der Waals surface area contributed by atoms with Crippen molar-refractivity contribution in [1.29, 1.82) is 0 Å². The van der Waals surface area contributed by atoms with E-state index in [-0.39, 0.29) is 36.3 Å². The third-order valence-electron chi connectivity index (χ3n) is 7.71. The summed E-state index contributed by atoms with van der Waals surface area (Å²) >= 11 is 0. The van der Waals surface area contributed by atoms with Crippen LogP contribution in [0.4, 0.5) is 0 Å². The second-order valence-electron chi connectivity index (χ2n) is 10.9. The topological polar surface area (TPSA) is 36.9 Å². The smallest absolute Gasteiger partial charge is 0.200 e. The van der Waals surface area contributed by atoms with Crippen molar-refractivity contribution in [3.63, 3.8) is 0 Å². The summed E-state index contributed by atoms with van der Waals surface area (Å²) in [5.74, 6) is 1.56. The monoisotopic (exact) mass is 476 g/mol. The summed E-state index contributed by atoms with van der Waals surface area (Å²) in [6, 6.07) is 7.96. The van der Waals surface area contributed by atoms with Crippen molar-refractivity contribution in [3.8, 4) is 5.75 Å². The summed E-state index contributed by atoms with van der Waals surface area (Å²) in [4.78, 5) is 0. The van der Waals surface area contributed by atoms with E-state index in [0.717, 1.165) is 11.3 Å². The molecule has 5 heteroatoms. The van der Waals surface area contributed by atoms with Crippen molar-refractivity contribution in [2.24, 2.45) is 17.8 Å². The molecule has 0 aliphatic carbocycles. The fourth-order valence-corrected chi connectivity index (χ4v) is 11.6. The zero-order valence-corrected chi connectivity index (χ0v) is 23.6. The van der Waals surface area contributed by atoms with E-state index in [1.165, 1.54) is 0 Å². The Morgan fingerprint density at radius 3 is 1.97 bits per heavy atom. The lowest BCUT2D eigenvalue weighted by Gasteiger charge is -2.49. The van der Waals surface area contributed by atoms with Crippen molar-refractivity contribution in [1.82, 2.24) is 0 Å². The van der Waals surface area contributed by atoms with Gasteiger partial charge in [-0.05, 0) is 34.7 Å². The predicted octanol–water partition coefficient (Wildman–Crippen LogP) is 7.76. The second-order valence-corrected chi connectivity index (χ2v) is 16.3. The molecule has 33 heavy (non-hydrogen) atoms. The molecule has 4 nitrogen and oxygen atoms in total. The Morgan fingerprint density at radius 1 is 0.970 bits per heavy atom. The Bertz CT molecular complexity index is 708. The minimum Gasteiger partial charge on any atom is -0.497 e. The van der Waals surface area contributed by atoms with E-state index in [2.05, 4.69) is 68.9 Å². The first-order valence-corrected chi connectivity index (χ1v) is 14.8. The summed E-state index contributed by atoms with van der Waals surface area (Å²) < 4.78 is 25.4. The summed E-state index contributed by atoms with van der Waals surface area (Å²) in [5, 5.41) is 0. The van der Waals surface area contributed by atoms with Gasteiger partial charge < -0.3 is 18.6 Å². The van der Waals surface area contributed by atoms with E-state index in [1.807, 2.05) is 30.3 Å². The molecule has 1 aliphatic rings. The number of ether oxygens (including phenoxy) is 3. The van der Waals surface area contributed by atoms with Gasteiger partial charge >= 0.3 is 0 Å². The minimum absolute atomic E-state index is 0.0384. The Labute approximate surface area is 204 Å². The van der Waals surface area contributed by atoms with Crippen molar-refractivity contribution >= 4 is 8.32 Å². The van der Waals surface area contributed by atoms with Crippen LogP contribution in [0.25, 0.3) is 0 Å². The number of methoxy groups -OCH3 is 1. The highest BCUT2D eigenvalue weighted by atomic mass is 28.4. The van der Waals surface area contributed by atoms with Gasteiger partial charge in [-0.2, -0.15) is 0 Å². The van der Waals surface area contributed by atoms with Crippen LogP contribution < -0.4 is 4.74 Å². The molecular weight excluding hydrogens is 428 g/mol. The average molecular weight is 477 g/mol. The highest BCUT2D eigenvalue weighted by molar-refractivity contribution is 6.77. The van der Waals surface area contributed by atoms with Gasteiger partial charge in [-0.25, -0.2) is 0 Å². The molecule has 1 saturated heterocycles. The fourth-order valence-electron chi connectivity index (χ4n) is 5.89. The number of hydrogen-bond acceptors (Lipinski definition) is 4. The number of hydrogen-bond donors (Lipinski definition) is 0. The molecule has 1 aliphatic heterocycles. The Morgan fingerprint density at radius 2 is 1.52 bits per heavy atom. The Balaban J connectivity index is 2.34. The van der Waals surface area contributed by atoms with Crippen LogP contribution in [0.3, 0.4) is 0 Å². The van der Waals surface area contributed by atoms with E-state index in [1.54, 1.807) is 7.11 Å². The fraction of sp³-hybridized carbons (Fsp3) is 0.714. The van der Waals surface area contributed by atoms with E-state index in [0.29, 0.717) is 23.2 Å². The SMILES string of the molecule is C=C[C@H](C)[C@H](O[Si](C(C)C)(C(C)C)C(C)C)[C@H](C)[C@@H]1O[C@H](c2ccc(OC)cc2)OC[C@H]1C. The van der Waals surface area contributed by atoms with Gasteiger partial charge in [0.25, 0.3) is 0 Å². The molecule has 2 rings (SSSR count). The van der Waals surface area contributed by atoms with E-state index in [9.17, 15) is 0 Å². The predicted molar refractivity (Wildman–Crippen MR) is 140 cm³/mol. The third kappa shape index (κ3) is 6.11. The maximum Gasteiger partial charge on any atom is 0.200 e. The van der Waals surface area contributed by atoms with Crippen molar-refractivity contribution in [3.05, 3.63) is 42.5 Å². The standard InChI is InChI=1S/C28H48O4Si/c1-12-21(8)27(32-33(18(2)3,19(4)5)20(6)7)23(10)26-22(9)17-30-28(31-26)24-13-15-25(29-11)16-14-24/h12-16,18-23,26-28H,1,17H2,2-11H3/t21-,22+,23+,26+,27-,28+/m0/s1. The van der Waals surface area contributed by atoms with Gasteiger partial charge in [0, 0.05) is 17.4 Å². The molecule has 6 atom stereocenters. The molecule has 0 amide bonds. The van der Waals surface area contributed by atoms with Crippen LogP contribution >= 0.6 is 0 Å². The van der Waals surface area contributed by atoms with E-state index < -0.39 is 8.32 Å². The highest BCUT2D eigenvalue weighted by Gasteiger charge is 2.49. The van der Waals surface area contributed by atoms with Crippen LogP contribution in [-0.4, -0.2) is 34.2 Å². The lowest BCUT2D eigenvalue weighted by molar-refractivity contribution is -0.256. The van der Waals surface area contributed by atoms with Crippen LogP contribution in [0.2, 0.25) is 16.6 Å². The summed E-state index contributed by atoms with van der Waals surface area (Å²) in [6.45, 7) is 25.6. The third-order valence-corrected chi connectivity index (χ3v) is 13.8. The molecule has 0 bridgehead atoms. The largest absolute Gasteiger partial charge is 0.497 e. The molecular formula is C28H48O4Si. The van der Waals surface area contributed by atoms with Crippen LogP contribution in [0.5, 0.6) is 5.75 Å². The molecule has 1 aromatic carbocycles. The van der Waals surface area contributed by atoms with Crippen molar-refractivity contribution in [2.75, 3.05) is 13.7 Å². The Hall–Kier alpha value is -1.14. The van der Waals surface area contributed by atoms with Crippen LogP contribution in [0.1, 0.15) is 74.2 Å². The summed E-state index contributed by atoms with van der Waals surface area (Å²) in [6.07, 6.45) is 1.77. The van der Waals surface area contributed by atoms with Gasteiger partial charge in [-0.1, -0.05) is 80.5 Å². The first-order valence-electron chi connectivity index (χ1n) is 12.7. The van der Waals surface area contributed by atoms with Gasteiger partial charge in [0.05, 0.1) is 25.9 Å². The van der Waals surface area contributed by atoms with Gasteiger partial charge in [-0.3, -0.25) is 0 Å². The lowest BCUT2D eigenvalue weighted by Crippen LogP contribution is -2.54. The Kier molecular flexibility index (Phi) is 10.2.